The van der Waals surface area contributed by atoms with E-state index in [9.17, 15) is 14.4 Å². The first-order valence-electron chi connectivity index (χ1n) is 12.2. The highest BCUT2D eigenvalue weighted by atomic mass is 27.3. The average molecular weight is 517 g/mol. The van der Waals surface area contributed by atoms with E-state index in [0.29, 0.717) is 16.7 Å². The van der Waals surface area contributed by atoms with E-state index in [1.165, 1.54) is 0 Å². The summed E-state index contributed by atoms with van der Waals surface area (Å²) in [7, 11) is 0. The summed E-state index contributed by atoms with van der Waals surface area (Å²) < 4.78 is 16.8. The van der Waals surface area contributed by atoms with E-state index in [2.05, 4.69) is 0 Å². The molecule has 0 radical (unpaired) electrons. The Morgan fingerprint density at radius 1 is 0.432 bits per heavy atom. The third kappa shape index (κ3) is 5.96. The minimum Gasteiger partial charge on any atom is -0.547 e. The highest BCUT2D eigenvalue weighted by Crippen LogP contribution is 2.22. The van der Waals surface area contributed by atoms with E-state index in [4.69, 9.17) is 11.4 Å². The quantitative estimate of drug-likeness (QED) is 0.357. The third-order valence-electron chi connectivity index (χ3n) is 7.44. The molecule has 0 aliphatic carbocycles. The molecule has 0 heterocycles. The fourth-order valence-electron chi connectivity index (χ4n) is 4.06. The minimum absolute atomic E-state index is 0.331. The molecule has 0 amide bonds. The van der Waals surface area contributed by atoms with Gasteiger partial charge in [0, 0.05) is 0 Å². The molecule has 3 rings (SSSR count). The molecular formula is C30H33AlO6. The molecule has 0 saturated carbocycles. The van der Waals surface area contributed by atoms with Crippen LogP contribution in [0.2, 0.25) is 0 Å². The number of hydrogen-bond acceptors (Lipinski definition) is 6. The van der Waals surface area contributed by atoms with Crippen molar-refractivity contribution in [3.63, 3.8) is 0 Å². The van der Waals surface area contributed by atoms with Crippen molar-refractivity contribution in [2.45, 2.75) is 62.3 Å². The molecule has 0 atom stereocenters. The van der Waals surface area contributed by atoms with Crippen molar-refractivity contribution in [1.82, 2.24) is 0 Å². The second-order valence-electron chi connectivity index (χ2n) is 9.54. The van der Waals surface area contributed by atoms with Crippen molar-refractivity contribution < 1.29 is 25.7 Å². The molecule has 192 valence electrons. The molecule has 0 N–H and O–H groups in total. The van der Waals surface area contributed by atoms with Gasteiger partial charge in [0.05, 0.1) is 16.7 Å². The molecule has 0 unspecified atom stereocenters. The maximum atomic E-state index is 13.1. The number of aryl methyl sites for hydroxylation is 3. The molecule has 37 heavy (non-hydrogen) atoms. The molecule has 0 saturated heterocycles. The van der Waals surface area contributed by atoms with Crippen LogP contribution in [0.15, 0.2) is 36.4 Å². The molecule has 6 nitrogen and oxygen atoms in total. The Balaban J connectivity index is 1.94. The summed E-state index contributed by atoms with van der Waals surface area (Å²) in [4.78, 5) is 39.4. The summed E-state index contributed by atoms with van der Waals surface area (Å²) in [5.41, 5.74) is 9.24. The fourth-order valence-corrected chi connectivity index (χ4v) is 5.11. The highest BCUT2D eigenvalue weighted by molar-refractivity contribution is 6.45. The Hall–Kier alpha value is -3.40. The summed E-state index contributed by atoms with van der Waals surface area (Å²) >= 11 is -3.61. The first-order valence-corrected chi connectivity index (χ1v) is 13.6. The number of benzene rings is 3. The zero-order valence-electron chi connectivity index (χ0n) is 23.0. The number of hydrogen-bond donors (Lipinski definition) is 0. The Morgan fingerprint density at radius 2 is 0.676 bits per heavy atom. The van der Waals surface area contributed by atoms with Gasteiger partial charge in [-0.3, -0.25) is 0 Å². The van der Waals surface area contributed by atoms with Gasteiger partial charge in [0.2, 0.25) is 0 Å². The van der Waals surface area contributed by atoms with Gasteiger partial charge >= 0.3 is 33.1 Å². The van der Waals surface area contributed by atoms with Crippen LogP contribution >= 0.6 is 0 Å². The van der Waals surface area contributed by atoms with Crippen LogP contribution in [-0.2, 0) is 11.4 Å². The van der Waals surface area contributed by atoms with Gasteiger partial charge in [0.15, 0.2) is 0 Å². The lowest BCUT2D eigenvalue weighted by Crippen LogP contribution is -2.35. The summed E-state index contributed by atoms with van der Waals surface area (Å²) in [6.07, 6.45) is 0. The van der Waals surface area contributed by atoms with Gasteiger partial charge in [-0.1, -0.05) is 18.2 Å². The van der Waals surface area contributed by atoms with Crippen LogP contribution in [0, 0.1) is 62.3 Å². The zero-order valence-corrected chi connectivity index (χ0v) is 24.1. The summed E-state index contributed by atoms with van der Waals surface area (Å²) in [5, 5.41) is 0. The lowest BCUT2D eigenvalue weighted by atomic mass is 9.99. The molecule has 0 aromatic heterocycles. The first-order chi connectivity index (χ1) is 17.3. The minimum atomic E-state index is -3.61. The highest BCUT2D eigenvalue weighted by Gasteiger charge is 2.50. The van der Waals surface area contributed by atoms with Gasteiger partial charge in [-0.05, 0) is 131 Å². The van der Waals surface area contributed by atoms with E-state index in [0.717, 1.165) is 50.1 Å². The topological polar surface area (TPSA) is 78.9 Å². The van der Waals surface area contributed by atoms with Gasteiger partial charge in [0.1, 0.15) is 0 Å². The van der Waals surface area contributed by atoms with Crippen LogP contribution in [0.25, 0.3) is 0 Å². The van der Waals surface area contributed by atoms with Crippen LogP contribution in [-0.4, -0.2) is 33.1 Å². The molecule has 0 aliphatic heterocycles. The van der Waals surface area contributed by atoms with E-state index in [1.807, 2.05) is 80.5 Å². The summed E-state index contributed by atoms with van der Waals surface area (Å²) in [5.74, 6) is -2.11. The fraction of sp³-hybridized carbons (Fsp3) is 0.300. The number of carbonyl (C=O) groups excluding carboxylic acids is 3. The molecule has 0 bridgehead atoms. The van der Waals surface area contributed by atoms with Crippen LogP contribution in [0.4, 0.5) is 0 Å². The second-order valence-corrected chi connectivity index (χ2v) is 10.8. The van der Waals surface area contributed by atoms with Gasteiger partial charge in [-0.15, -0.1) is 0 Å². The molecule has 7 heteroatoms. The van der Waals surface area contributed by atoms with Crippen molar-refractivity contribution in [1.29, 1.82) is 0 Å². The van der Waals surface area contributed by atoms with Crippen molar-refractivity contribution in [3.05, 3.63) is 103 Å². The standard InChI is InChI=1S/3C10H12O2.Al/c3*1-6-4-5-9(10(11)12)8(3)7(6)2;/h3*4-5H,1-3H3,(H,11,12);/q;;;+3/p-3. The summed E-state index contributed by atoms with van der Waals surface area (Å²) in [6, 6.07) is 10.5. The normalized spacial score (nSPS) is 10.6. The molecule has 0 spiro atoms. The lowest BCUT2D eigenvalue weighted by molar-refractivity contribution is 0.0409. The van der Waals surface area contributed by atoms with Crippen LogP contribution in [0.1, 0.15) is 81.1 Å². The van der Waals surface area contributed by atoms with Crippen molar-refractivity contribution >= 4 is 33.1 Å². The largest absolute Gasteiger partial charge is 1.20 e. The summed E-state index contributed by atoms with van der Waals surface area (Å²) in [6.45, 7) is 17.1. The van der Waals surface area contributed by atoms with Crippen LogP contribution in [0.3, 0.4) is 0 Å². The predicted octanol–water partition coefficient (Wildman–Crippen LogP) is 6.32. The average Bonchev–Trinajstić information content (AvgIpc) is 2.84. The maximum absolute atomic E-state index is 13.1. The molecular weight excluding hydrogens is 483 g/mol. The van der Waals surface area contributed by atoms with Crippen molar-refractivity contribution in [3.8, 4) is 0 Å². The molecule has 0 fully saturated rings. The Bertz CT molecular complexity index is 1240. The zero-order chi connectivity index (χ0) is 27.6. The van der Waals surface area contributed by atoms with E-state index < -0.39 is 33.1 Å². The third-order valence-corrected chi connectivity index (χ3v) is 8.66. The Morgan fingerprint density at radius 3 is 0.919 bits per heavy atom. The molecule has 3 aromatic carbocycles. The monoisotopic (exact) mass is 516 g/mol. The van der Waals surface area contributed by atoms with Crippen molar-refractivity contribution in [2.24, 2.45) is 0 Å². The van der Waals surface area contributed by atoms with Crippen LogP contribution < -0.4 is 0 Å². The molecule has 0 aliphatic rings. The van der Waals surface area contributed by atoms with Crippen molar-refractivity contribution in [2.75, 3.05) is 0 Å². The smallest absolute Gasteiger partial charge is 0.547 e. The van der Waals surface area contributed by atoms with Gasteiger partial charge in [0.25, 0.3) is 0 Å². The van der Waals surface area contributed by atoms with Crippen LogP contribution in [0.5, 0.6) is 0 Å². The van der Waals surface area contributed by atoms with Gasteiger partial charge < -0.3 is 11.4 Å². The van der Waals surface area contributed by atoms with E-state index in [-0.39, 0.29) is 0 Å². The SMILES string of the molecule is Cc1ccc(C(=O)[O][Al]([O]C(=O)c2ccc(C)c(C)c2C)[O]C(=O)c2ccc(C)c(C)c2C)c(C)c1C. The Kier molecular flexibility index (Phi) is 8.63. The number of carbonyl (C=O) groups is 3. The number of rotatable bonds is 6. The van der Waals surface area contributed by atoms with Gasteiger partial charge in [-0.2, -0.15) is 0 Å². The lowest BCUT2D eigenvalue weighted by Gasteiger charge is -2.18. The predicted molar refractivity (Wildman–Crippen MR) is 144 cm³/mol. The Labute approximate surface area is 224 Å². The first kappa shape index (κ1) is 28.2. The van der Waals surface area contributed by atoms with Gasteiger partial charge in [-0.25, -0.2) is 14.4 Å². The maximum Gasteiger partial charge on any atom is 1.20 e. The molecule has 3 aromatic rings. The van der Waals surface area contributed by atoms with E-state index in [1.54, 1.807) is 18.2 Å². The second kappa shape index (κ2) is 11.3. The van der Waals surface area contributed by atoms with E-state index >= 15 is 0 Å².